The predicted octanol–water partition coefficient (Wildman–Crippen LogP) is 5.16. The molecule has 20 heteroatoms. The van der Waals surface area contributed by atoms with E-state index in [-0.39, 0.29) is 0 Å². The third-order valence-corrected chi connectivity index (χ3v) is 10.1. The van der Waals surface area contributed by atoms with Gasteiger partial charge in [0.05, 0.1) is 0 Å². The van der Waals surface area contributed by atoms with E-state index in [1.54, 1.807) is 0 Å². The van der Waals surface area contributed by atoms with Crippen molar-refractivity contribution in [2.45, 2.75) is 45.7 Å². The molecule has 0 aliphatic heterocycles. The molecular formula is C8F18Se2. The van der Waals surface area contributed by atoms with Crippen molar-refractivity contribution in [3.8, 4) is 0 Å². The Balaban J connectivity index is 5.84. The second kappa shape index (κ2) is 7.18. The van der Waals surface area contributed by atoms with Gasteiger partial charge in [0.2, 0.25) is 0 Å². The van der Waals surface area contributed by atoms with Gasteiger partial charge in [-0.15, -0.1) is 0 Å². The van der Waals surface area contributed by atoms with Gasteiger partial charge in [0, 0.05) is 0 Å². The first-order valence-corrected chi connectivity index (χ1v) is 11.5. The van der Waals surface area contributed by atoms with Crippen LogP contribution < -0.4 is 0 Å². The normalized spacial score (nSPS) is 16.5. The molecule has 0 unspecified atom stereocenters. The molecule has 0 saturated carbocycles. The Kier molecular flexibility index (Phi) is 7.13. The summed E-state index contributed by atoms with van der Waals surface area (Å²) in [6.45, 7) is 0. The van der Waals surface area contributed by atoms with Crippen LogP contribution in [-0.2, 0) is 0 Å². The molecule has 28 heavy (non-hydrogen) atoms. The standard InChI is InChI=1S/C8F18Se2/c9-1(10,5(17,18)19)3(13,14)7(23,24)27-28-8(25,26)4(15,16)2(11,12)6(20,21)22. The third kappa shape index (κ3) is 4.28. The molecule has 0 saturated heterocycles. The molecule has 0 N–H and O–H groups in total. The zero-order valence-corrected chi connectivity index (χ0v) is 15.0. The Morgan fingerprint density at radius 2 is 0.464 bits per heavy atom. The molecule has 0 heterocycles. The number of hydrogen-bond donors (Lipinski definition) is 0. The Bertz CT molecular complexity index is 505. The van der Waals surface area contributed by atoms with Gasteiger partial charge >= 0.3 is 151 Å². The van der Waals surface area contributed by atoms with Gasteiger partial charge in [0.15, 0.2) is 0 Å². The molecule has 0 radical (unpaired) electrons. The summed E-state index contributed by atoms with van der Waals surface area (Å²) < 4.78 is 224. The first-order valence-electron chi connectivity index (χ1n) is 5.48. The van der Waals surface area contributed by atoms with Crippen LogP contribution in [0.5, 0.6) is 0 Å². The van der Waals surface area contributed by atoms with E-state index in [4.69, 9.17) is 0 Å². The summed E-state index contributed by atoms with van der Waals surface area (Å²) in [5.41, 5.74) is 0. The predicted molar refractivity (Wildman–Crippen MR) is 53.3 cm³/mol. The monoisotopic (exact) mass is 598 g/mol. The fourth-order valence-corrected chi connectivity index (χ4v) is 6.91. The summed E-state index contributed by atoms with van der Waals surface area (Å²) in [7, 11) is 0. The number of halogens is 18. The molecule has 0 rings (SSSR count). The molecule has 0 atom stereocenters. The van der Waals surface area contributed by atoms with Crippen LogP contribution in [0.4, 0.5) is 79.0 Å². The van der Waals surface area contributed by atoms with E-state index in [1.165, 1.54) is 0 Å². The van der Waals surface area contributed by atoms with Crippen molar-refractivity contribution in [1.82, 2.24) is 0 Å². The summed E-state index contributed by atoms with van der Waals surface area (Å²) >= 11 is -8.74. The van der Waals surface area contributed by atoms with Crippen LogP contribution >= 0.6 is 0 Å². The fourth-order valence-electron chi connectivity index (χ4n) is 0.931. The summed E-state index contributed by atoms with van der Waals surface area (Å²) in [5.74, 6) is -30.2. The Labute approximate surface area is 151 Å². The van der Waals surface area contributed by atoms with Crippen LogP contribution in [0.1, 0.15) is 0 Å². The van der Waals surface area contributed by atoms with Crippen LogP contribution in [0, 0.1) is 0 Å². The molecule has 0 bridgehead atoms. The van der Waals surface area contributed by atoms with Crippen LogP contribution in [0.25, 0.3) is 0 Å². The van der Waals surface area contributed by atoms with Gasteiger partial charge in [-0.25, -0.2) is 0 Å². The summed E-state index contributed by atoms with van der Waals surface area (Å²) in [6, 6.07) is 0. The Morgan fingerprint density at radius 1 is 0.286 bits per heavy atom. The van der Waals surface area contributed by atoms with E-state index < -0.39 is 71.9 Å². The summed E-state index contributed by atoms with van der Waals surface area (Å²) in [5, 5.41) is 0. The van der Waals surface area contributed by atoms with E-state index in [0.29, 0.717) is 0 Å². The molecule has 0 aliphatic carbocycles. The SMILES string of the molecule is FC(F)(F)C(F)(F)C(F)(F)C(F)(F)[Se][Se]C(F)(F)C(F)(F)C(F)(F)C(F)(F)F. The van der Waals surface area contributed by atoms with E-state index in [0.717, 1.165) is 0 Å². The van der Waals surface area contributed by atoms with Crippen molar-refractivity contribution in [2.75, 3.05) is 0 Å². The quantitative estimate of drug-likeness (QED) is 0.282. The molecule has 0 nitrogen and oxygen atoms in total. The average Bonchev–Trinajstić information content (AvgIpc) is 2.42. The number of alkyl halides is 18. The van der Waals surface area contributed by atoms with E-state index in [2.05, 4.69) is 0 Å². The van der Waals surface area contributed by atoms with Crippen molar-refractivity contribution in [1.29, 1.82) is 0 Å². The van der Waals surface area contributed by atoms with Gasteiger partial charge in [-0.1, -0.05) is 0 Å². The molecule has 0 fully saturated rings. The van der Waals surface area contributed by atoms with Crippen molar-refractivity contribution >= 4 is 26.3 Å². The van der Waals surface area contributed by atoms with Crippen molar-refractivity contribution in [3.05, 3.63) is 0 Å². The van der Waals surface area contributed by atoms with Crippen molar-refractivity contribution < 1.29 is 79.0 Å². The van der Waals surface area contributed by atoms with Gasteiger partial charge in [0.1, 0.15) is 0 Å². The zero-order valence-electron chi connectivity index (χ0n) is 11.6. The molecule has 0 aliphatic rings. The fraction of sp³-hybridized carbons (Fsp3) is 1.00. The second-order valence-electron chi connectivity index (χ2n) is 4.49. The van der Waals surface area contributed by atoms with E-state index >= 15 is 0 Å². The molecule has 170 valence electrons. The second-order valence-corrected chi connectivity index (χ2v) is 11.0. The zero-order chi connectivity index (χ0) is 23.4. The molecule has 0 spiro atoms. The third-order valence-electron chi connectivity index (χ3n) is 2.48. The van der Waals surface area contributed by atoms with Gasteiger partial charge in [-0.05, 0) is 0 Å². The minimum absolute atomic E-state index is 4.37. The van der Waals surface area contributed by atoms with Crippen LogP contribution in [0.15, 0.2) is 0 Å². The average molecular weight is 596 g/mol. The maximum atomic E-state index is 13.0. The Hall–Kier alpha value is -0.221. The minimum atomic E-state index is -7.57. The van der Waals surface area contributed by atoms with Gasteiger partial charge in [-0.2, -0.15) is 0 Å². The molecule has 0 aromatic heterocycles. The van der Waals surface area contributed by atoms with Crippen molar-refractivity contribution in [2.24, 2.45) is 0 Å². The first-order chi connectivity index (χ1) is 11.7. The summed E-state index contributed by atoms with van der Waals surface area (Å²) in [4.78, 5) is -13.6. The van der Waals surface area contributed by atoms with Crippen LogP contribution in [-0.4, -0.2) is 71.9 Å². The Morgan fingerprint density at radius 3 is 0.607 bits per heavy atom. The number of hydrogen-bond acceptors (Lipinski definition) is 0. The van der Waals surface area contributed by atoms with E-state index in [1.807, 2.05) is 0 Å². The van der Waals surface area contributed by atoms with Crippen LogP contribution in [0.3, 0.4) is 0 Å². The van der Waals surface area contributed by atoms with Gasteiger partial charge < -0.3 is 0 Å². The van der Waals surface area contributed by atoms with E-state index in [9.17, 15) is 79.0 Å². The molecular weight excluding hydrogens is 596 g/mol. The maximum absolute atomic E-state index is 13.0. The molecule has 0 aromatic rings. The molecule has 0 amide bonds. The first kappa shape index (κ1) is 27.8. The topological polar surface area (TPSA) is 0 Å². The van der Waals surface area contributed by atoms with Crippen LogP contribution in [0.2, 0.25) is 0 Å². The van der Waals surface area contributed by atoms with Gasteiger partial charge in [0.25, 0.3) is 0 Å². The van der Waals surface area contributed by atoms with Crippen molar-refractivity contribution in [3.63, 3.8) is 0 Å². The number of rotatable bonds is 7. The summed E-state index contributed by atoms with van der Waals surface area (Å²) in [6.07, 6.45) is -14.8. The molecule has 0 aromatic carbocycles. The van der Waals surface area contributed by atoms with Gasteiger partial charge in [-0.3, -0.25) is 0 Å².